The van der Waals surface area contributed by atoms with Gasteiger partial charge in [-0.15, -0.1) is 0 Å². The summed E-state index contributed by atoms with van der Waals surface area (Å²) >= 11 is 0. The summed E-state index contributed by atoms with van der Waals surface area (Å²) in [7, 11) is 0. The predicted molar refractivity (Wildman–Crippen MR) is 115 cm³/mol. The van der Waals surface area contributed by atoms with Gasteiger partial charge in [-0.1, -0.05) is 36.4 Å². The van der Waals surface area contributed by atoms with E-state index >= 15 is 0 Å². The van der Waals surface area contributed by atoms with Gasteiger partial charge in [-0.25, -0.2) is 9.31 Å². The topological polar surface area (TPSA) is 90.7 Å². The molecule has 1 fully saturated rings. The van der Waals surface area contributed by atoms with Gasteiger partial charge in [0.25, 0.3) is 5.56 Å². The summed E-state index contributed by atoms with van der Waals surface area (Å²) in [6.07, 6.45) is 0.453. The fourth-order valence-corrected chi connectivity index (χ4v) is 4.54. The second-order valence-corrected chi connectivity index (χ2v) is 7.88. The van der Waals surface area contributed by atoms with E-state index in [-0.39, 0.29) is 11.5 Å². The van der Waals surface area contributed by atoms with E-state index in [1.807, 2.05) is 28.8 Å². The van der Waals surface area contributed by atoms with Crippen molar-refractivity contribution >= 4 is 22.6 Å². The number of aryl methyl sites for hydroxylation is 1. The van der Waals surface area contributed by atoms with Crippen molar-refractivity contribution in [3.8, 4) is 11.1 Å². The summed E-state index contributed by atoms with van der Waals surface area (Å²) in [5, 5.41) is 15.0. The highest BCUT2D eigenvalue weighted by Crippen LogP contribution is 2.34. The number of fused-ring (bicyclic) bond motifs is 3. The highest BCUT2D eigenvalue weighted by atomic mass is 16.4. The van der Waals surface area contributed by atoms with Gasteiger partial charge in [0, 0.05) is 25.1 Å². The van der Waals surface area contributed by atoms with Crippen LogP contribution >= 0.6 is 0 Å². The van der Waals surface area contributed by atoms with E-state index in [0.29, 0.717) is 31.6 Å². The van der Waals surface area contributed by atoms with Gasteiger partial charge in [0.1, 0.15) is 5.65 Å². The van der Waals surface area contributed by atoms with Crippen LogP contribution in [-0.2, 0) is 0 Å². The summed E-state index contributed by atoms with van der Waals surface area (Å²) in [5.41, 5.74) is 5.48. The lowest BCUT2D eigenvalue weighted by Crippen LogP contribution is -2.37. The van der Waals surface area contributed by atoms with Crippen molar-refractivity contribution in [2.75, 3.05) is 13.1 Å². The first kappa shape index (κ1) is 18.4. The van der Waals surface area contributed by atoms with Crippen LogP contribution in [-0.4, -0.2) is 43.8 Å². The van der Waals surface area contributed by atoms with Crippen molar-refractivity contribution in [2.24, 2.45) is 0 Å². The van der Waals surface area contributed by atoms with Gasteiger partial charge in [0.2, 0.25) is 0 Å². The Morgan fingerprint density at radius 1 is 1.10 bits per heavy atom. The molecule has 0 aliphatic carbocycles. The number of nitrogens with zero attached hydrogens (tertiary/aromatic N) is 3. The van der Waals surface area contributed by atoms with Crippen LogP contribution in [0.2, 0.25) is 0 Å². The molecule has 5 rings (SSSR count). The number of amides is 1. The van der Waals surface area contributed by atoms with E-state index in [4.69, 9.17) is 5.10 Å². The molecule has 152 valence electrons. The number of hydrogen-bond donors (Lipinski definition) is 2. The maximum Gasteiger partial charge on any atom is 0.407 e. The van der Waals surface area contributed by atoms with Gasteiger partial charge in [-0.05, 0) is 42.5 Å². The van der Waals surface area contributed by atoms with Gasteiger partial charge in [-0.3, -0.25) is 4.79 Å². The summed E-state index contributed by atoms with van der Waals surface area (Å²) in [4.78, 5) is 28.2. The molecule has 4 aromatic rings. The number of carbonyl (C=O) groups is 1. The number of H-pyrrole nitrogens is 1. The van der Waals surface area contributed by atoms with Crippen LogP contribution in [0, 0.1) is 6.92 Å². The number of carboxylic acid groups (broad SMARTS) is 1. The number of aromatic amines is 1. The quantitative estimate of drug-likeness (QED) is 0.530. The van der Waals surface area contributed by atoms with Gasteiger partial charge < -0.3 is 15.0 Å². The number of rotatable bonds is 2. The molecular weight excluding hydrogens is 380 g/mol. The average molecular weight is 402 g/mol. The van der Waals surface area contributed by atoms with Crippen molar-refractivity contribution in [1.82, 2.24) is 19.5 Å². The fourth-order valence-electron chi connectivity index (χ4n) is 4.54. The van der Waals surface area contributed by atoms with Crippen LogP contribution in [0.4, 0.5) is 4.79 Å². The number of likely N-dealkylation sites (tertiary alicyclic amines) is 1. The van der Waals surface area contributed by atoms with E-state index in [1.165, 1.54) is 4.90 Å². The molecule has 2 aromatic carbocycles. The molecule has 0 unspecified atom stereocenters. The smallest absolute Gasteiger partial charge is 0.407 e. The van der Waals surface area contributed by atoms with Crippen molar-refractivity contribution in [1.29, 1.82) is 0 Å². The molecule has 2 N–H and O–H groups in total. The molecule has 0 spiro atoms. The van der Waals surface area contributed by atoms with Crippen LogP contribution in [0.25, 0.3) is 27.7 Å². The van der Waals surface area contributed by atoms with Crippen molar-refractivity contribution in [3.05, 3.63) is 70.1 Å². The molecule has 0 atom stereocenters. The first-order chi connectivity index (χ1) is 14.5. The highest BCUT2D eigenvalue weighted by Gasteiger charge is 2.26. The Hall–Kier alpha value is -3.61. The van der Waals surface area contributed by atoms with Crippen LogP contribution in [0.5, 0.6) is 0 Å². The van der Waals surface area contributed by atoms with E-state index in [2.05, 4.69) is 30.1 Å². The normalized spacial score (nSPS) is 15.2. The van der Waals surface area contributed by atoms with Crippen molar-refractivity contribution in [2.45, 2.75) is 25.7 Å². The fraction of sp³-hybridized carbons (Fsp3) is 0.261. The maximum atomic E-state index is 12.6. The molecule has 0 saturated carbocycles. The number of piperidine rings is 1. The first-order valence-electron chi connectivity index (χ1n) is 10.1. The monoisotopic (exact) mass is 402 g/mol. The second-order valence-electron chi connectivity index (χ2n) is 7.88. The van der Waals surface area contributed by atoms with E-state index in [0.717, 1.165) is 33.3 Å². The average Bonchev–Trinajstić information content (AvgIpc) is 3.12. The SMILES string of the molecule is Cc1ccccc1-c1cccc2nn3c(C4CCN(C(=O)O)CC4)cc(=O)[nH]c3c12. The largest absolute Gasteiger partial charge is 0.465 e. The summed E-state index contributed by atoms with van der Waals surface area (Å²) in [6, 6.07) is 15.8. The van der Waals surface area contributed by atoms with E-state index in [1.54, 1.807) is 6.07 Å². The Kier molecular flexibility index (Phi) is 4.31. The minimum absolute atomic E-state index is 0.0848. The molecule has 2 aromatic heterocycles. The van der Waals surface area contributed by atoms with Crippen LogP contribution in [0.15, 0.2) is 53.3 Å². The van der Waals surface area contributed by atoms with Gasteiger partial charge >= 0.3 is 6.09 Å². The zero-order chi connectivity index (χ0) is 20.8. The van der Waals surface area contributed by atoms with Crippen molar-refractivity contribution < 1.29 is 9.90 Å². The van der Waals surface area contributed by atoms with Gasteiger partial charge in [0.05, 0.1) is 16.6 Å². The molecule has 30 heavy (non-hydrogen) atoms. The van der Waals surface area contributed by atoms with Gasteiger partial charge in [-0.2, -0.15) is 5.10 Å². The molecule has 1 saturated heterocycles. The van der Waals surface area contributed by atoms with Crippen LogP contribution in [0.3, 0.4) is 0 Å². The standard InChI is InChI=1S/C23H22N4O3/c1-14-5-2-3-6-16(14)17-7-4-8-18-21(17)22-24-20(28)13-19(27(22)25-18)15-9-11-26(12-10-15)23(29)30/h2-8,13,15H,9-12H2,1H3,(H,24,28)(H,29,30). The Morgan fingerprint density at radius 2 is 1.83 bits per heavy atom. The minimum atomic E-state index is -0.891. The molecule has 0 radical (unpaired) electrons. The Bertz CT molecular complexity index is 1330. The zero-order valence-electron chi connectivity index (χ0n) is 16.6. The Labute approximate surface area is 172 Å². The number of aromatic nitrogens is 3. The Morgan fingerprint density at radius 3 is 2.57 bits per heavy atom. The zero-order valence-corrected chi connectivity index (χ0v) is 16.6. The molecule has 1 amide bonds. The summed E-state index contributed by atoms with van der Waals surface area (Å²) < 4.78 is 1.84. The molecule has 3 heterocycles. The highest BCUT2D eigenvalue weighted by molar-refractivity contribution is 6.04. The molecule has 1 aliphatic rings. The molecule has 7 heteroatoms. The maximum absolute atomic E-state index is 12.6. The number of nitrogens with one attached hydrogen (secondary N) is 1. The first-order valence-corrected chi connectivity index (χ1v) is 10.1. The lowest BCUT2D eigenvalue weighted by atomic mass is 9.93. The Balaban J connectivity index is 1.70. The number of hydrogen-bond acceptors (Lipinski definition) is 3. The van der Waals surface area contributed by atoms with Crippen molar-refractivity contribution in [3.63, 3.8) is 0 Å². The molecule has 1 aliphatic heterocycles. The lowest BCUT2D eigenvalue weighted by Gasteiger charge is -2.30. The van der Waals surface area contributed by atoms with Crippen LogP contribution < -0.4 is 5.56 Å². The van der Waals surface area contributed by atoms with E-state index in [9.17, 15) is 14.7 Å². The lowest BCUT2D eigenvalue weighted by molar-refractivity contribution is 0.131. The van der Waals surface area contributed by atoms with Gasteiger partial charge in [0.15, 0.2) is 0 Å². The summed E-state index contributed by atoms with van der Waals surface area (Å²) in [6.45, 7) is 3.00. The third kappa shape index (κ3) is 2.94. The minimum Gasteiger partial charge on any atom is -0.465 e. The number of benzene rings is 2. The molecular formula is C23H22N4O3. The predicted octanol–water partition coefficient (Wildman–Crippen LogP) is 4.01. The molecule has 7 nitrogen and oxygen atoms in total. The second kappa shape index (κ2) is 7.02. The third-order valence-corrected chi connectivity index (χ3v) is 6.08. The summed E-state index contributed by atoms with van der Waals surface area (Å²) in [5.74, 6) is 0.0848. The third-order valence-electron chi connectivity index (χ3n) is 6.08. The van der Waals surface area contributed by atoms with Crippen LogP contribution in [0.1, 0.15) is 30.0 Å². The van der Waals surface area contributed by atoms with E-state index < -0.39 is 6.09 Å². The molecule has 0 bridgehead atoms.